The molecule has 2 aliphatic heterocycles. The third kappa shape index (κ3) is 10.2. The fraction of sp³-hybridized carbons (Fsp3) is 0.577. The number of thioether (sulfide) groups is 2. The van der Waals surface area contributed by atoms with Crippen molar-refractivity contribution in [2.45, 2.75) is 139 Å². The fourth-order valence-electron chi connectivity index (χ4n) is 12.1. The topological polar surface area (TPSA) is 175 Å². The molecular weight excluding hydrogens is 897 g/mol. The van der Waals surface area contributed by atoms with Crippen LogP contribution in [0.25, 0.3) is 22.5 Å². The number of likely N-dealkylation sites (tertiary alicyclic amines) is 2. The maximum Gasteiger partial charge on any atom is 0.407 e. The predicted octanol–water partition coefficient (Wildman–Crippen LogP) is 8.97. The van der Waals surface area contributed by atoms with Gasteiger partial charge >= 0.3 is 12.2 Å². The number of methoxy groups -OCH3 is 2. The normalized spacial score (nSPS) is 24.1. The Morgan fingerprint density at radius 1 is 0.647 bits per heavy atom. The Morgan fingerprint density at radius 2 is 1.07 bits per heavy atom. The Labute approximate surface area is 409 Å². The number of H-pyrrole nitrogens is 2. The number of aromatic nitrogens is 4. The SMILES string of the molecule is COC(=O)NC(CCSC)C(=O)N1C(c2ncc(-c3cc4ccc3CCc3ccc(c(-c5cnc(C6CC7CCCCC7N6C(=O)C(CCSC)NC(=O)OC)[nH]5)c3)CC4)[nH]2)CC2CCCCC21. The number of aryl methyl sites for hydroxylation is 4. The van der Waals surface area contributed by atoms with Gasteiger partial charge in [-0.1, -0.05) is 49.9 Å². The highest BCUT2D eigenvalue weighted by atomic mass is 32.2. The zero-order valence-electron chi connectivity index (χ0n) is 40.0. The van der Waals surface area contributed by atoms with Gasteiger partial charge in [-0.05, 0) is 147 Å². The molecule has 364 valence electrons. The molecule has 4 amide bonds. The van der Waals surface area contributed by atoms with Crippen LogP contribution in [0.3, 0.4) is 0 Å². The van der Waals surface area contributed by atoms with Crippen LogP contribution in [-0.4, -0.2) is 116 Å². The van der Waals surface area contributed by atoms with E-state index in [1.807, 2.05) is 24.9 Å². The number of nitrogens with zero attached hydrogens (tertiary/aromatic N) is 4. The summed E-state index contributed by atoms with van der Waals surface area (Å²) in [6.45, 7) is 0. The number of aromatic amines is 2. The molecule has 8 aliphatic rings. The molecule has 6 aliphatic carbocycles. The van der Waals surface area contributed by atoms with E-state index in [1.165, 1.54) is 49.3 Å². The lowest BCUT2D eigenvalue weighted by Gasteiger charge is -2.36. The summed E-state index contributed by atoms with van der Waals surface area (Å²) in [6, 6.07) is 12.2. The van der Waals surface area contributed by atoms with Gasteiger partial charge in [0.2, 0.25) is 11.8 Å². The van der Waals surface area contributed by atoms with E-state index in [9.17, 15) is 19.2 Å². The van der Waals surface area contributed by atoms with Crippen LogP contribution in [0, 0.1) is 11.8 Å². The smallest absolute Gasteiger partial charge is 0.407 e. The van der Waals surface area contributed by atoms with Crippen molar-refractivity contribution in [1.29, 1.82) is 0 Å². The molecule has 8 unspecified atom stereocenters. The van der Waals surface area contributed by atoms with Crippen LogP contribution in [-0.2, 0) is 44.7 Å². The Morgan fingerprint density at radius 3 is 1.49 bits per heavy atom. The van der Waals surface area contributed by atoms with Crippen LogP contribution in [0.4, 0.5) is 9.59 Å². The lowest BCUT2D eigenvalue weighted by atomic mass is 9.84. The van der Waals surface area contributed by atoms with Gasteiger partial charge < -0.3 is 39.9 Å². The maximum atomic E-state index is 14.5. The Bertz CT molecular complexity index is 2270. The second-order valence-electron chi connectivity index (χ2n) is 19.5. The van der Waals surface area contributed by atoms with E-state index < -0.39 is 24.3 Å². The van der Waals surface area contributed by atoms with Gasteiger partial charge in [0, 0.05) is 23.2 Å². The largest absolute Gasteiger partial charge is 0.453 e. The van der Waals surface area contributed by atoms with E-state index in [1.54, 1.807) is 23.5 Å². The van der Waals surface area contributed by atoms with Crippen molar-refractivity contribution < 1.29 is 28.7 Å². The van der Waals surface area contributed by atoms with Crippen molar-refractivity contribution in [1.82, 2.24) is 40.4 Å². The second-order valence-corrected chi connectivity index (χ2v) is 21.5. The summed E-state index contributed by atoms with van der Waals surface area (Å²) in [6.07, 6.45) is 21.4. The number of alkyl carbamates (subject to hydrolysis) is 2. The van der Waals surface area contributed by atoms with Crippen LogP contribution in [0.5, 0.6) is 0 Å². The third-order valence-corrected chi connectivity index (χ3v) is 16.9. The van der Waals surface area contributed by atoms with Gasteiger partial charge in [0.25, 0.3) is 0 Å². The fourth-order valence-corrected chi connectivity index (χ4v) is 13.1. The molecule has 8 atom stereocenters. The first-order chi connectivity index (χ1) is 33.2. The minimum atomic E-state index is -0.664. The van der Waals surface area contributed by atoms with Crippen LogP contribution >= 0.6 is 23.5 Å². The first kappa shape index (κ1) is 48.1. The Kier molecular flexibility index (Phi) is 15.4. The molecular formula is C52H68N8O6S2. The molecule has 0 radical (unpaired) electrons. The quantitative estimate of drug-likeness (QED) is 0.0955. The number of rotatable bonds is 14. The molecule has 2 saturated carbocycles. The molecule has 2 aromatic carbocycles. The van der Waals surface area contributed by atoms with Gasteiger partial charge in [0.15, 0.2) is 0 Å². The molecule has 14 nitrogen and oxygen atoms in total. The van der Waals surface area contributed by atoms with Gasteiger partial charge in [-0.15, -0.1) is 0 Å². The number of carbonyl (C=O) groups is 4. The van der Waals surface area contributed by atoms with Gasteiger partial charge in [0.05, 0.1) is 50.1 Å². The number of imidazole rings is 2. The minimum absolute atomic E-state index is 0.0519. The van der Waals surface area contributed by atoms with Gasteiger partial charge in [-0.25, -0.2) is 19.6 Å². The molecule has 68 heavy (non-hydrogen) atoms. The standard InChI is InChI=1S/C52H68N8O6S2/c1-65-51(63)57-39(21-23-67-3)49(61)59-43-11-7-5-9-35(43)27-45(59)47-53-29-41(55-47)37-25-31-13-17-33(37)19-15-32-14-18-34(20-16-31)38(26-32)42-30-54-48(56-42)46-28-36-10-6-8-12-44(36)60(46)50(62)40(22-24-68-4)58-52(64)66-2/h13-14,17-18,25-26,29-30,35-36,39-40,43-46H,5-12,15-16,19-24,27-28H2,1-4H3,(H,53,55)(H,54,56)(H,57,63)(H,58,64). The van der Waals surface area contributed by atoms with E-state index in [0.29, 0.717) is 24.7 Å². The number of fused-ring (bicyclic) bond motifs is 2. The number of nitrogens with one attached hydrogen (secondary N) is 4. The molecule has 0 spiro atoms. The monoisotopic (exact) mass is 964 g/mol. The highest BCUT2D eigenvalue weighted by Crippen LogP contribution is 2.48. The average Bonchev–Trinajstić information content (AvgIpc) is 4.19. The number of carbonyl (C=O) groups excluding carboxylic acids is 4. The molecule has 4 N–H and O–H groups in total. The molecule has 4 fully saturated rings. The third-order valence-electron chi connectivity index (χ3n) is 15.6. The summed E-state index contributed by atoms with van der Waals surface area (Å²) in [4.78, 5) is 75.5. The number of hydrogen-bond acceptors (Lipinski definition) is 10. The number of benzene rings is 2. The van der Waals surface area contributed by atoms with Gasteiger partial charge in [-0.3, -0.25) is 9.59 Å². The van der Waals surface area contributed by atoms with E-state index in [-0.39, 0.29) is 36.0 Å². The number of ether oxygens (including phenoxy) is 2. The summed E-state index contributed by atoms with van der Waals surface area (Å²) in [5, 5.41) is 5.71. The van der Waals surface area contributed by atoms with E-state index in [2.05, 4.69) is 66.8 Å². The first-order valence-electron chi connectivity index (χ1n) is 24.8. The Balaban J connectivity index is 0.957. The van der Waals surface area contributed by atoms with Crippen LogP contribution in [0.15, 0.2) is 48.8 Å². The van der Waals surface area contributed by atoms with Crippen molar-refractivity contribution in [3.63, 3.8) is 0 Å². The highest BCUT2D eigenvalue weighted by molar-refractivity contribution is 7.98. The number of amides is 4. The zero-order valence-corrected chi connectivity index (χ0v) is 41.7. The molecule has 12 rings (SSSR count). The molecule has 4 heterocycles. The molecule has 2 saturated heterocycles. The first-order valence-corrected chi connectivity index (χ1v) is 27.6. The predicted molar refractivity (Wildman–Crippen MR) is 267 cm³/mol. The lowest BCUT2D eigenvalue weighted by Crippen LogP contribution is -2.52. The van der Waals surface area contributed by atoms with E-state index in [0.717, 1.165) is 123 Å². The molecule has 2 aromatic heterocycles. The van der Waals surface area contributed by atoms with Crippen molar-refractivity contribution in [3.8, 4) is 22.5 Å². The van der Waals surface area contributed by atoms with Gasteiger partial charge in [0.1, 0.15) is 23.7 Å². The minimum Gasteiger partial charge on any atom is -0.453 e. The molecule has 4 aromatic rings. The second kappa shape index (κ2) is 21.8. The average molecular weight is 965 g/mol. The van der Waals surface area contributed by atoms with Crippen molar-refractivity contribution >= 4 is 47.5 Å². The summed E-state index contributed by atoms with van der Waals surface area (Å²) in [5.41, 5.74) is 9.12. The highest BCUT2D eigenvalue weighted by Gasteiger charge is 2.49. The molecule has 16 heteroatoms. The lowest BCUT2D eigenvalue weighted by molar-refractivity contribution is -0.138. The number of hydrogen-bond donors (Lipinski definition) is 4. The summed E-state index contributed by atoms with van der Waals surface area (Å²) < 4.78 is 9.89. The van der Waals surface area contributed by atoms with Crippen molar-refractivity contribution in [2.75, 3.05) is 38.2 Å². The Hall–Kier alpha value is -4.96. The van der Waals surface area contributed by atoms with E-state index in [4.69, 9.17) is 19.4 Å². The van der Waals surface area contributed by atoms with Crippen molar-refractivity contribution in [2.24, 2.45) is 11.8 Å². The molecule has 4 bridgehead atoms. The summed E-state index contributed by atoms with van der Waals surface area (Å²) >= 11 is 3.32. The maximum absolute atomic E-state index is 14.5. The van der Waals surface area contributed by atoms with Crippen molar-refractivity contribution in [3.05, 3.63) is 82.7 Å². The van der Waals surface area contributed by atoms with Crippen LogP contribution in [0.1, 0.15) is 123 Å². The summed E-state index contributed by atoms with van der Waals surface area (Å²) in [5.74, 6) is 3.79. The van der Waals surface area contributed by atoms with Gasteiger partial charge in [-0.2, -0.15) is 23.5 Å². The van der Waals surface area contributed by atoms with Crippen LogP contribution < -0.4 is 10.6 Å². The summed E-state index contributed by atoms with van der Waals surface area (Å²) in [7, 11) is 2.67. The van der Waals surface area contributed by atoms with Crippen LogP contribution in [0.2, 0.25) is 0 Å². The van der Waals surface area contributed by atoms with E-state index >= 15 is 0 Å². The zero-order chi connectivity index (χ0) is 47.3.